The minimum absolute atomic E-state index is 0.00326. The van der Waals surface area contributed by atoms with Gasteiger partial charge >= 0.3 is 12.2 Å². The van der Waals surface area contributed by atoms with Gasteiger partial charge in [-0.05, 0) is 64.1 Å². The van der Waals surface area contributed by atoms with Crippen molar-refractivity contribution in [2.24, 2.45) is 0 Å². The van der Waals surface area contributed by atoms with Gasteiger partial charge in [0.1, 0.15) is 18.1 Å². The van der Waals surface area contributed by atoms with E-state index in [0.29, 0.717) is 42.9 Å². The Hall–Kier alpha value is -2.50. The number of nitrogens with one attached hydrogen (secondary N) is 1. The molecule has 8 nitrogen and oxygen atoms in total. The van der Waals surface area contributed by atoms with Crippen molar-refractivity contribution in [1.82, 2.24) is 20.2 Å². The molecule has 4 saturated heterocycles. The number of phenols is 1. The summed E-state index contributed by atoms with van der Waals surface area (Å²) < 4.78 is 66.4. The van der Waals surface area contributed by atoms with E-state index in [2.05, 4.69) is 20.1 Å². The Morgan fingerprint density at radius 3 is 2.52 bits per heavy atom. The lowest BCUT2D eigenvalue weighted by molar-refractivity contribution is -0.137. The van der Waals surface area contributed by atoms with Crippen LogP contribution in [0.2, 0.25) is 5.02 Å². The summed E-state index contributed by atoms with van der Waals surface area (Å²) in [7, 11) is 0. The Kier molecular flexibility index (Phi) is 5.91. The van der Waals surface area contributed by atoms with Gasteiger partial charge < -0.3 is 25.0 Å². The van der Waals surface area contributed by atoms with Crippen LogP contribution < -0.4 is 19.9 Å². The summed E-state index contributed by atoms with van der Waals surface area (Å²) in [5.41, 5.74) is -0.646. The fourth-order valence-electron chi connectivity index (χ4n) is 7.39. The summed E-state index contributed by atoms with van der Waals surface area (Å²) >= 11 is 5.99. The Balaban J connectivity index is 1.28. The highest BCUT2D eigenvalue weighted by atomic mass is 35.5. The van der Waals surface area contributed by atoms with Crippen molar-refractivity contribution in [2.45, 2.75) is 75.3 Å². The van der Waals surface area contributed by atoms with Crippen LogP contribution in [0.5, 0.6) is 11.8 Å². The van der Waals surface area contributed by atoms with E-state index in [1.54, 1.807) is 0 Å². The number of fused-ring (bicyclic) bond motifs is 4. The van der Waals surface area contributed by atoms with E-state index >= 15 is 0 Å². The monoisotopic (exact) mass is 580 g/mol. The molecule has 0 spiro atoms. The van der Waals surface area contributed by atoms with Gasteiger partial charge in [0.25, 0.3) is 0 Å². The standard InChI is InChI=1S/C28H34ClF3N6O2/c29-21-11-19(39)12-23(24(21)28(30,31)32)36-10-5-20-22(15-36)34-26(40-16-27-6-1-8-38(27)9-2-7-27)35-25(20)37-13-17-3-4-18(14-37)33-17/h11-12,17-18,33,39H,1-10,13-16H2/t17-,18+/i16D2. The second kappa shape index (κ2) is 9.80. The van der Waals surface area contributed by atoms with Gasteiger partial charge in [-0.25, -0.2) is 0 Å². The lowest BCUT2D eigenvalue weighted by Crippen LogP contribution is -2.52. The topological polar surface area (TPSA) is 77.0 Å². The predicted octanol–water partition coefficient (Wildman–Crippen LogP) is 4.36. The van der Waals surface area contributed by atoms with Gasteiger partial charge in [0.2, 0.25) is 0 Å². The van der Waals surface area contributed by atoms with E-state index in [1.807, 2.05) is 0 Å². The third-order valence-corrected chi connectivity index (χ3v) is 9.49. The second-order valence-corrected chi connectivity index (χ2v) is 12.1. The predicted molar refractivity (Wildman–Crippen MR) is 145 cm³/mol. The summed E-state index contributed by atoms with van der Waals surface area (Å²) in [5, 5.41) is 13.2. The molecular formula is C28H34ClF3N6O2. The van der Waals surface area contributed by atoms with Gasteiger partial charge in [-0.2, -0.15) is 23.1 Å². The molecule has 1 aromatic heterocycles. The van der Waals surface area contributed by atoms with Crippen molar-refractivity contribution in [3.8, 4) is 11.8 Å². The number of nitrogens with zero attached hydrogens (tertiary/aromatic N) is 5. The van der Waals surface area contributed by atoms with Gasteiger partial charge in [0.05, 0.1) is 36.8 Å². The normalized spacial score (nSPS) is 26.9. The average Bonchev–Trinajstić information content (AvgIpc) is 3.61. The summed E-state index contributed by atoms with van der Waals surface area (Å²) in [6.07, 6.45) is 0.929. The molecular weight excluding hydrogens is 545 g/mol. The molecule has 2 aromatic rings. The highest BCUT2D eigenvalue weighted by Gasteiger charge is 2.45. The maximum absolute atomic E-state index is 14.1. The van der Waals surface area contributed by atoms with Crippen LogP contribution >= 0.6 is 11.6 Å². The molecule has 216 valence electrons. The maximum Gasteiger partial charge on any atom is 0.419 e. The smallest absolute Gasteiger partial charge is 0.419 e. The zero-order chi connectivity index (χ0) is 29.4. The quantitative estimate of drug-likeness (QED) is 0.540. The van der Waals surface area contributed by atoms with Crippen molar-refractivity contribution in [3.63, 3.8) is 0 Å². The van der Waals surface area contributed by atoms with Crippen molar-refractivity contribution in [1.29, 1.82) is 0 Å². The lowest BCUT2D eigenvalue weighted by atomic mass is 9.95. The third kappa shape index (κ3) is 4.63. The van der Waals surface area contributed by atoms with Crippen LogP contribution in [0.25, 0.3) is 0 Å². The van der Waals surface area contributed by atoms with Crippen molar-refractivity contribution < 1.29 is 25.8 Å². The van der Waals surface area contributed by atoms with Gasteiger partial charge in [-0.15, -0.1) is 0 Å². The number of ether oxygens (including phenoxy) is 1. The Labute approximate surface area is 239 Å². The molecule has 2 bridgehead atoms. The average molecular weight is 581 g/mol. The number of aromatic nitrogens is 2. The first-order chi connectivity index (χ1) is 19.9. The minimum Gasteiger partial charge on any atom is -0.508 e. The number of phenolic OH excluding ortho intramolecular Hbond substituents is 1. The molecule has 2 N–H and O–H groups in total. The van der Waals surface area contributed by atoms with Gasteiger partial charge in [-0.1, -0.05) is 11.6 Å². The van der Waals surface area contributed by atoms with Crippen molar-refractivity contribution >= 4 is 23.1 Å². The van der Waals surface area contributed by atoms with Crippen LogP contribution in [-0.4, -0.2) is 76.9 Å². The zero-order valence-electron chi connectivity index (χ0n) is 24.1. The highest BCUT2D eigenvalue weighted by molar-refractivity contribution is 6.32. The Morgan fingerprint density at radius 2 is 1.82 bits per heavy atom. The van der Waals surface area contributed by atoms with Crippen LogP contribution in [0, 0.1) is 0 Å². The number of hydrogen-bond acceptors (Lipinski definition) is 8. The van der Waals surface area contributed by atoms with Gasteiger partial charge in [0.15, 0.2) is 0 Å². The summed E-state index contributed by atoms with van der Waals surface area (Å²) in [6, 6.07) is 2.52. The zero-order valence-corrected chi connectivity index (χ0v) is 22.9. The fourth-order valence-corrected chi connectivity index (χ4v) is 7.71. The SMILES string of the molecule is [2H]C([2H])(Oc1nc2c(c(N3C[C@H]4CC[C@@H](C3)N4)n1)CCN(c1cc(O)cc(Cl)c1C(F)(F)F)C2)C12CCCN1CCC2. The molecule has 6 heterocycles. The molecule has 7 rings (SSSR count). The highest BCUT2D eigenvalue weighted by Crippen LogP contribution is 2.45. The third-order valence-electron chi connectivity index (χ3n) is 9.19. The molecule has 0 aliphatic carbocycles. The van der Waals surface area contributed by atoms with E-state index in [0.717, 1.165) is 69.6 Å². The molecule has 40 heavy (non-hydrogen) atoms. The summed E-state index contributed by atoms with van der Waals surface area (Å²) in [5.74, 6) is 0.309. The molecule has 0 amide bonds. The first kappa shape index (κ1) is 24.1. The molecule has 1 aromatic carbocycles. The van der Waals surface area contributed by atoms with Crippen molar-refractivity contribution in [2.75, 3.05) is 49.1 Å². The van der Waals surface area contributed by atoms with Crippen LogP contribution in [0.15, 0.2) is 12.1 Å². The van der Waals surface area contributed by atoms with E-state index in [9.17, 15) is 18.3 Å². The van der Waals surface area contributed by atoms with Gasteiger partial charge in [0, 0.05) is 43.3 Å². The summed E-state index contributed by atoms with van der Waals surface area (Å²) in [4.78, 5) is 15.3. The minimum atomic E-state index is -4.73. The number of halogens is 4. The van der Waals surface area contributed by atoms with E-state index < -0.39 is 28.9 Å². The molecule has 0 saturated carbocycles. The van der Waals surface area contributed by atoms with E-state index in [-0.39, 0.29) is 30.5 Å². The molecule has 12 heteroatoms. The van der Waals surface area contributed by atoms with Gasteiger partial charge in [-0.3, -0.25) is 4.90 Å². The van der Waals surface area contributed by atoms with E-state index in [4.69, 9.17) is 24.1 Å². The molecule has 5 aliphatic rings. The largest absolute Gasteiger partial charge is 0.508 e. The number of hydrogen-bond donors (Lipinski definition) is 2. The Morgan fingerprint density at radius 1 is 1.10 bits per heavy atom. The number of rotatable bonds is 5. The fraction of sp³-hybridized carbons (Fsp3) is 0.643. The molecule has 2 atom stereocenters. The first-order valence-electron chi connectivity index (χ1n) is 15.1. The number of benzene rings is 1. The molecule has 0 unspecified atom stereocenters. The molecule has 0 radical (unpaired) electrons. The molecule has 4 fully saturated rings. The number of alkyl halides is 3. The van der Waals surface area contributed by atoms with Crippen molar-refractivity contribution in [3.05, 3.63) is 34.0 Å². The van der Waals surface area contributed by atoms with E-state index in [1.165, 1.54) is 4.90 Å². The summed E-state index contributed by atoms with van der Waals surface area (Å²) in [6.45, 7) is 1.30. The van der Waals surface area contributed by atoms with Crippen LogP contribution in [0.3, 0.4) is 0 Å². The maximum atomic E-state index is 14.1. The Bertz CT molecular complexity index is 1380. The van der Waals surface area contributed by atoms with Crippen LogP contribution in [-0.2, 0) is 19.1 Å². The number of aromatic hydroxyl groups is 1. The molecule has 5 aliphatic heterocycles. The van der Waals surface area contributed by atoms with Crippen LogP contribution in [0.1, 0.15) is 58.1 Å². The number of anilines is 2. The lowest BCUT2D eigenvalue weighted by Gasteiger charge is -2.38. The number of piperazine rings is 1. The van der Waals surface area contributed by atoms with Crippen LogP contribution in [0.4, 0.5) is 24.7 Å². The first-order valence-corrected chi connectivity index (χ1v) is 14.5. The second-order valence-electron chi connectivity index (χ2n) is 11.7.